The van der Waals surface area contributed by atoms with Crippen LogP contribution in [0.25, 0.3) is 106 Å². The number of pyridine rings is 2. The molecule has 0 aliphatic carbocycles. The van der Waals surface area contributed by atoms with Gasteiger partial charge in [0.05, 0.1) is 25.0 Å². The van der Waals surface area contributed by atoms with Gasteiger partial charge in [0.25, 0.3) is 0 Å². The molecule has 12 aromatic rings. The van der Waals surface area contributed by atoms with Gasteiger partial charge in [-0.25, -0.2) is 4.98 Å². The number of aromatic nitrogens is 4. The molecule has 5 nitrogen and oxygen atoms in total. The van der Waals surface area contributed by atoms with E-state index in [-0.39, 0.29) is 31.9 Å². The predicted octanol–water partition coefficient (Wildman–Crippen LogP) is 17.3. The number of imidazole rings is 1. The topological polar surface area (TPSA) is 56.7 Å². The van der Waals surface area contributed by atoms with Crippen LogP contribution in [0.15, 0.2) is 205 Å². The second-order valence-electron chi connectivity index (χ2n) is 20.3. The van der Waals surface area contributed by atoms with Gasteiger partial charge in [0.1, 0.15) is 5.58 Å². The molecule has 12 rings (SSSR count). The molecule has 0 aliphatic heterocycles. The molecule has 4 aromatic heterocycles. The third-order valence-electron chi connectivity index (χ3n) is 13.7. The fraction of sp³-hybridized carbons (Fsp3) is 0.136. The van der Waals surface area contributed by atoms with E-state index in [0.717, 1.165) is 77.7 Å². The van der Waals surface area contributed by atoms with Crippen molar-refractivity contribution in [3.63, 3.8) is 0 Å². The van der Waals surface area contributed by atoms with Crippen molar-refractivity contribution < 1.29 is 24.5 Å². The summed E-state index contributed by atoms with van der Waals surface area (Å²) in [4.78, 5) is 14.9. The van der Waals surface area contributed by atoms with E-state index in [4.69, 9.17) is 14.4 Å². The zero-order valence-corrected chi connectivity index (χ0v) is 45.6. The minimum absolute atomic E-state index is 0. The summed E-state index contributed by atoms with van der Waals surface area (Å²) >= 11 is 0. The Kier molecular flexibility index (Phi) is 13.8. The molecule has 0 spiro atoms. The van der Waals surface area contributed by atoms with Crippen molar-refractivity contribution in [3.05, 3.63) is 224 Å². The molecule has 8 aromatic carbocycles. The molecule has 0 aliphatic rings. The van der Waals surface area contributed by atoms with Crippen molar-refractivity contribution in [1.82, 2.24) is 19.5 Å². The Morgan fingerprint density at radius 1 is 0.521 bits per heavy atom. The molecular formula is C66H56IrN4OSi-2. The van der Waals surface area contributed by atoms with Gasteiger partial charge in [0.2, 0.25) is 0 Å². The van der Waals surface area contributed by atoms with E-state index in [1.54, 1.807) is 0 Å². The number of nitrogens with zero attached hydrogens (tertiary/aromatic N) is 4. The molecule has 361 valence electrons. The van der Waals surface area contributed by atoms with Crippen LogP contribution >= 0.6 is 0 Å². The first-order valence-electron chi connectivity index (χ1n) is 25.0. The van der Waals surface area contributed by atoms with Gasteiger partial charge < -0.3 is 14.0 Å². The SMILES string of the molecule is CC(C)c1cc(-c2ccccc2)cc(C(C)C)c1-n1c(-c2[c-]ccc3c2oc2cc(-c4ccc(-c5ccccc5)cc4)ccc23)nc2ncc3ccccc3c21.C[Si](C)(C)c1ccc(-c2[c-]cccc2)nc1.[Ir]. The second-order valence-corrected chi connectivity index (χ2v) is 25.4. The van der Waals surface area contributed by atoms with E-state index in [0.29, 0.717) is 5.65 Å². The maximum absolute atomic E-state index is 6.89. The molecule has 4 heterocycles. The molecule has 0 atom stereocenters. The molecule has 7 heteroatoms. The summed E-state index contributed by atoms with van der Waals surface area (Å²) in [7, 11) is -1.23. The number of furan rings is 1. The summed E-state index contributed by atoms with van der Waals surface area (Å²) in [6, 6.07) is 72.8. The summed E-state index contributed by atoms with van der Waals surface area (Å²) in [5, 5.41) is 5.66. The van der Waals surface area contributed by atoms with Crippen molar-refractivity contribution in [2.24, 2.45) is 0 Å². The average molecular weight is 1140 g/mol. The number of fused-ring (bicyclic) bond motifs is 6. The van der Waals surface area contributed by atoms with Gasteiger partial charge in [-0.3, -0.25) is 4.98 Å². The number of hydrogen-bond acceptors (Lipinski definition) is 4. The molecule has 0 fully saturated rings. The fourth-order valence-electron chi connectivity index (χ4n) is 9.82. The van der Waals surface area contributed by atoms with E-state index in [1.165, 1.54) is 38.6 Å². The van der Waals surface area contributed by atoms with E-state index in [9.17, 15) is 0 Å². The minimum Gasteiger partial charge on any atom is -0.501 e. The third-order valence-corrected chi connectivity index (χ3v) is 15.8. The van der Waals surface area contributed by atoms with Crippen molar-refractivity contribution in [2.45, 2.75) is 59.2 Å². The summed E-state index contributed by atoms with van der Waals surface area (Å²) in [5.41, 5.74) is 16.9. The third kappa shape index (κ3) is 9.65. The first-order valence-corrected chi connectivity index (χ1v) is 28.5. The van der Waals surface area contributed by atoms with Crippen LogP contribution in [-0.4, -0.2) is 27.6 Å². The number of benzene rings is 8. The Labute approximate surface area is 443 Å². The zero-order chi connectivity index (χ0) is 49.5. The normalized spacial score (nSPS) is 11.6. The van der Waals surface area contributed by atoms with Gasteiger partial charge in [0, 0.05) is 54.3 Å². The molecule has 0 unspecified atom stereocenters. The number of hydrogen-bond donors (Lipinski definition) is 0. The van der Waals surface area contributed by atoms with Gasteiger partial charge in [0.15, 0.2) is 5.65 Å². The summed E-state index contributed by atoms with van der Waals surface area (Å²) in [6.45, 7) is 16.1. The molecule has 0 saturated heterocycles. The Balaban J connectivity index is 0.000000307. The monoisotopic (exact) mass is 1140 g/mol. The van der Waals surface area contributed by atoms with Crippen molar-refractivity contribution in [3.8, 4) is 61.7 Å². The van der Waals surface area contributed by atoms with Crippen LogP contribution in [0.5, 0.6) is 0 Å². The molecule has 73 heavy (non-hydrogen) atoms. The van der Waals surface area contributed by atoms with Crippen LogP contribution in [0.1, 0.15) is 50.7 Å². The van der Waals surface area contributed by atoms with Crippen LogP contribution < -0.4 is 5.19 Å². The van der Waals surface area contributed by atoms with Gasteiger partial charge >= 0.3 is 0 Å². The van der Waals surface area contributed by atoms with E-state index >= 15 is 0 Å². The van der Waals surface area contributed by atoms with Gasteiger partial charge in [-0.05, 0) is 85.4 Å². The molecular weight excluding hydrogens is 1090 g/mol. The Morgan fingerprint density at radius 2 is 1.14 bits per heavy atom. The van der Waals surface area contributed by atoms with Gasteiger partial charge in [-0.15, -0.1) is 54.1 Å². The molecule has 0 bridgehead atoms. The average Bonchev–Trinajstić information content (AvgIpc) is 4.00. The van der Waals surface area contributed by atoms with Crippen molar-refractivity contribution in [2.75, 3.05) is 0 Å². The van der Waals surface area contributed by atoms with E-state index < -0.39 is 8.07 Å². The molecule has 0 N–H and O–H groups in total. The Hall–Kier alpha value is -7.54. The van der Waals surface area contributed by atoms with E-state index in [2.05, 4.69) is 221 Å². The first kappa shape index (κ1) is 49.1. The van der Waals surface area contributed by atoms with Crippen LogP contribution in [0, 0.1) is 12.1 Å². The van der Waals surface area contributed by atoms with Crippen LogP contribution in [-0.2, 0) is 20.1 Å². The molecule has 1 radical (unpaired) electrons. The van der Waals surface area contributed by atoms with Crippen LogP contribution in [0.2, 0.25) is 19.6 Å². The Bertz CT molecular complexity index is 3850. The van der Waals surface area contributed by atoms with Crippen molar-refractivity contribution >= 4 is 57.1 Å². The fourth-order valence-corrected chi connectivity index (χ4v) is 10.9. The maximum Gasteiger partial charge on any atom is 0.169 e. The largest absolute Gasteiger partial charge is 0.501 e. The van der Waals surface area contributed by atoms with Crippen LogP contribution in [0.3, 0.4) is 0 Å². The standard InChI is InChI=1S/C52H40N3O.C14H16NSi.Ir/c1-32(2)45-28-40(35-16-9-6-10-17-35)29-46(33(3)4)48(45)55-49-41-19-12-11-18-39(41)31-53-51(49)54-52(55)44-21-13-20-43-42-27-26-38(30-47(42)56-50(43)44)37-24-22-36(23-25-37)34-14-7-5-8-15-34;1-16(2,3)13-9-10-14(15-11-13)12-7-5-4-6-8-12;/h5-20,22-33H,1-4H3;4-7,9-11H,1-3H3;/q2*-1;. The second kappa shape index (κ2) is 20.5. The minimum atomic E-state index is -1.23. The van der Waals surface area contributed by atoms with Gasteiger partial charge in [-0.1, -0.05) is 192 Å². The first-order chi connectivity index (χ1) is 35.0. The quantitative estimate of drug-likeness (QED) is 0.107. The smallest absolute Gasteiger partial charge is 0.169 e. The molecule has 0 saturated carbocycles. The zero-order valence-electron chi connectivity index (χ0n) is 42.2. The van der Waals surface area contributed by atoms with E-state index in [1.807, 2.05) is 48.8 Å². The van der Waals surface area contributed by atoms with Gasteiger partial charge in [-0.2, -0.15) is 0 Å². The summed E-state index contributed by atoms with van der Waals surface area (Å²) < 4.78 is 9.26. The molecule has 0 amide bonds. The predicted molar refractivity (Wildman–Crippen MR) is 304 cm³/mol. The van der Waals surface area contributed by atoms with Crippen molar-refractivity contribution in [1.29, 1.82) is 0 Å². The number of rotatable bonds is 9. The summed E-state index contributed by atoms with van der Waals surface area (Å²) in [5.74, 6) is 1.22. The Morgan fingerprint density at radius 3 is 1.77 bits per heavy atom. The maximum atomic E-state index is 6.89. The summed E-state index contributed by atoms with van der Waals surface area (Å²) in [6.07, 6.45) is 3.95. The van der Waals surface area contributed by atoms with Crippen LogP contribution in [0.4, 0.5) is 0 Å².